The lowest BCUT2D eigenvalue weighted by Crippen LogP contribution is -2.53. The first kappa shape index (κ1) is 19.8. The SMILES string of the molecule is Cc1cccc(OCC(=O)NNC(=O)C2CCCN2C(=O)C(C)(C)C)c1. The van der Waals surface area contributed by atoms with E-state index >= 15 is 0 Å². The van der Waals surface area contributed by atoms with Crippen molar-refractivity contribution >= 4 is 17.7 Å². The summed E-state index contributed by atoms with van der Waals surface area (Å²) in [4.78, 5) is 38.2. The molecule has 1 saturated heterocycles. The molecule has 7 heteroatoms. The van der Waals surface area contributed by atoms with E-state index in [0.29, 0.717) is 18.7 Å². The average molecular weight is 361 g/mol. The average Bonchev–Trinajstić information content (AvgIpc) is 3.06. The van der Waals surface area contributed by atoms with E-state index in [4.69, 9.17) is 4.74 Å². The zero-order chi connectivity index (χ0) is 19.3. The lowest BCUT2D eigenvalue weighted by atomic mass is 9.94. The van der Waals surface area contributed by atoms with Crippen LogP contribution in [0.3, 0.4) is 0 Å². The van der Waals surface area contributed by atoms with Crippen molar-refractivity contribution in [2.45, 2.75) is 46.6 Å². The highest BCUT2D eigenvalue weighted by molar-refractivity contribution is 5.91. The van der Waals surface area contributed by atoms with Gasteiger partial charge in [0.05, 0.1) is 0 Å². The van der Waals surface area contributed by atoms with Crippen LogP contribution in [0.25, 0.3) is 0 Å². The van der Waals surface area contributed by atoms with Crippen molar-refractivity contribution in [1.29, 1.82) is 0 Å². The number of hydrazine groups is 1. The Morgan fingerprint density at radius 3 is 2.62 bits per heavy atom. The fourth-order valence-electron chi connectivity index (χ4n) is 2.82. The number of nitrogens with one attached hydrogen (secondary N) is 2. The Morgan fingerprint density at radius 2 is 1.96 bits per heavy atom. The van der Waals surface area contributed by atoms with E-state index < -0.39 is 17.4 Å². The number of ether oxygens (including phenoxy) is 1. The first-order valence-electron chi connectivity index (χ1n) is 8.78. The monoisotopic (exact) mass is 361 g/mol. The Kier molecular flexibility index (Phi) is 6.23. The largest absolute Gasteiger partial charge is 0.484 e. The van der Waals surface area contributed by atoms with Crippen molar-refractivity contribution < 1.29 is 19.1 Å². The highest BCUT2D eigenvalue weighted by Gasteiger charge is 2.38. The van der Waals surface area contributed by atoms with Crippen LogP contribution >= 0.6 is 0 Å². The Hall–Kier alpha value is -2.57. The molecule has 1 aromatic carbocycles. The van der Waals surface area contributed by atoms with Gasteiger partial charge < -0.3 is 9.64 Å². The van der Waals surface area contributed by atoms with Crippen LogP contribution in [0.2, 0.25) is 0 Å². The molecule has 1 aromatic rings. The molecule has 26 heavy (non-hydrogen) atoms. The molecule has 1 aliphatic heterocycles. The Balaban J connectivity index is 1.82. The van der Waals surface area contributed by atoms with Crippen molar-refractivity contribution in [3.63, 3.8) is 0 Å². The van der Waals surface area contributed by atoms with Gasteiger partial charge in [0.25, 0.3) is 11.8 Å². The number of carbonyl (C=O) groups is 3. The Morgan fingerprint density at radius 1 is 1.23 bits per heavy atom. The summed E-state index contributed by atoms with van der Waals surface area (Å²) in [6.07, 6.45) is 1.35. The van der Waals surface area contributed by atoms with Crippen LogP contribution in [-0.2, 0) is 14.4 Å². The van der Waals surface area contributed by atoms with E-state index in [0.717, 1.165) is 12.0 Å². The quantitative estimate of drug-likeness (QED) is 0.797. The number of aryl methyl sites for hydroxylation is 1. The van der Waals surface area contributed by atoms with Gasteiger partial charge in [-0.3, -0.25) is 25.2 Å². The van der Waals surface area contributed by atoms with Crippen LogP contribution in [0, 0.1) is 12.3 Å². The zero-order valence-corrected chi connectivity index (χ0v) is 15.8. The Labute approximate surface area is 154 Å². The first-order chi connectivity index (χ1) is 12.2. The smallest absolute Gasteiger partial charge is 0.276 e. The topological polar surface area (TPSA) is 87.7 Å². The van der Waals surface area contributed by atoms with Crippen molar-refractivity contribution in [1.82, 2.24) is 15.8 Å². The summed E-state index contributed by atoms with van der Waals surface area (Å²) in [6, 6.07) is 6.79. The lowest BCUT2D eigenvalue weighted by molar-refractivity contribution is -0.145. The molecular weight excluding hydrogens is 334 g/mol. The molecule has 0 spiro atoms. The van der Waals surface area contributed by atoms with Crippen LogP contribution in [0.15, 0.2) is 24.3 Å². The van der Waals surface area contributed by atoms with Crippen LogP contribution in [0.4, 0.5) is 0 Å². The van der Waals surface area contributed by atoms with Gasteiger partial charge in [-0.25, -0.2) is 0 Å². The second-order valence-electron chi connectivity index (χ2n) is 7.55. The van der Waals surface area contributed by atoms with Crippen molar-refractivity contribution in [3.05, 3.63) is 29.8 Å². The van der Waals surface area contributed by atoms with Gasteiger partial charge in [-0.15, -0.1) is 0 Å². The molecule has 0 aliphatic carbocycles. The van der Waals surface area contributed by atoms with Gasteiger partial charge in [0, 0.05) is 12.0 Å². The molecule has 2 rings (SSSR count). The maximum atomic E-state index is 12.4. The molecular formula is C19H27N3O4. The summed E-state index contributed by atoms with van der Waals surface area (Å²) in [6.45, 7) is 7.75. The van der Waals surface area contributed by atoms with E-state index in [-0.39, 0.29) is 18.4 Å². The van der Waals surface area contributed by atoms with E-state index in [2.05, 4.69) is 10.9 Å². The Bertz CT molecular complexity index is 682. The third-order valence-electron chi connectivity index (χ3n) is 4.14. The molecule has 1 fully saturated rings. The molecule has 0 saturated carbocycles. The summed E-state index contributed by atoms with van der Waals surface area (Å²) >= 11 is 0. The maximum absolute atomic E-state index is 12.4. The number of hydrogen-bond donors (Lipinski definition) is 2. The summed E-state index contributed by atoms with van der Waals surface area (Å²) < 4.78 is 5.38. The molecule has 0 bridgehead atoms. The molecule has 0 radical (unpaired) electrons. The third kappa shape index (κ3) is 5.21. The van der Waals surface area contributed by atoms with Gasteiger partial charge in [-0.05, 0) is 37.5 Å². The second-order valence-corrected chi connectivity index (χ2v) is 7.55. The molecule has 0 aromatic heterocycles. The predicted octanol–water partition coefficient (Wildman–Crippen LogP) is 1.56. The molecule has 3 amide bonds. The van der Waals surface area contributed by atoms with Gasteiger partial charge in [0.2, 0.25) is 5.91 Å². The standard InChI is InChI=1S/C19H27N3O4/c1-13-7-5-8-14(11-13)26-12-16(23)20-21-17(24)15-9-6-10-22(15)18(25)19(2,3)4/h5,7-8,11,15H,6,9-10,12H2,1-4H3,(H,20,23)(H,21,24). The molecule has 2 N–H and O–H groups in total. The highest BCUT2D eigenvalue weighted by atomic mass is 16.5. The minimum atomic E-state index is -0.556. The fourth-order valence-corrected chi connectivity index (χ4v) is 2.82. The van der Waals surface area contributed by atoms with Crippen LogP contribution in [0.5, 0.6) is 5.75 Å². The summed E-state index contributed by atoms with van der Waals surface area (Å²) in [5.41, 5.74) is 5.22. The third-order valence-corrected chi connectivity index (χ3v) is 4.14. The van der Waals surface area contributed by atoms with Crippen molar-refractivity contribution in [2.75, 3.05) is 13.2 Å². The van der Waals surface area contributed by atoms with E-state index in [9.17, 15) is 14.4 Å². The minimum Gasteiger partial charge on any atom is -0.484 e. The number of carbonyl (C=O) groups excluding carboxylic acids is 3. The maximum Gasteiger partial charge on any atom is 0.276 e. The number of amides is 3. The number of rotatable bonds is 4. The van der Waals surface area contributed by atoms with Gasteiger partial charge in [0.15, 0.2) is 6.61 Å². The van der Waals surface area contributed by atoms with Crippen LogP contribution in [-0.4, -0.2) is 41.8 Å². The van der Waals surface area contributed by atoms with E-state index in [1.165, 1.54) is 0 Å². The normalized spacial score (nSPS) is 16.9. The van der Waals surface area contributed by atoms with E-state index in [1.807, 2.05) is 45.9 Å². The molecule has 1 atom stereocenters. The first-order valence-corrected chi connectivity index (χ1v) is 8.78. The fraction of sp³-hybridized carbons (Fsp3) is 0.526. The van der Waals surface area contributed by atoms with Crippen LogP contribution in [0.1, 0.15) is 39.2 Å². The second kappa shape index (κ2) is 8.21. The lowest BCUT2D eigenvalue weighted by Gasteiger charge is -2.30. The number of hydrogen-bond acceptors (Lipinski definition) is 4. The summed E-state index contributed by atoms with van der Waals surface area (Å²) in [5, 5.41) is 0. The molecule has 7 nitrogen and oxygen atoms in total. The number of benzene rings is 1. The number of nitrogens with zero attached hydrogens (tertiary/aromatic N) is 1. The summed E-state index contributed by atoms with van der Waals surface area (Å²) in [5.74, 6) is -0.330. The van der Waals surface area contributed by atoms with Gasteiger partial charge >= 0.3 is 0 Å². The zero-order valence-electron chi connectivity index (χ0n) is 15.8. The molecule has 1 aliphatic rings. The molecule has 142 valence electrons. The predicted molar refractivity (Wildman–Crippen MR) is 97.1 cm³/mol. The van der Waals surface area contributed by atoms with Crippen molar-refractivity contribution in [3.8, 4) is 5.75 Å². The summed E-state index contributed by atoms with van der Waals surface area (Å²) in [7, 11) is 0. The number of likely N-dealkylation sites (tertiary alicyclic amines) is 1. The van der Waals surface area contributed by atoms with Crippen molar-refractivity contribution in [2.24, 2.45) is 5.41 Å². The van der Waals surface area contributed by atoms with Gasteiger partial charge in [0.1, 0.15) is 11.8 Å². The molecule has 1 unspecified atom stereocenters. The van der Waals surface area contributed by atoms with Gasteiger partial charge in [-0.2, -0.15) is 0 Å². The van der Waals surface area contributed by atoms with Crippen LogP contribution < -0.4 is 15.6 Å². The van der Waals surface area contributed by atoms with E-state index in [1.54, 1.807) is 11.0 Å². The molecule has 1 heterocycles. The highest BCUT2D eigenvalue weighted by Crippen LogP contribution is 2.25. The minimum absolute atomic E-state index is 0.0655. The van der Waals surface area contributed by atoms with Gasteiger partial charge in [-0.1, -0.05) is 32.9 Å².